The maximum atomic E-state index is 12.7. The first kappa shape index (κ1) is 25.6. The zero-order chi connectivity index (χ0) is 24.7. The maximum Gasteiger partial charge on any atom is 0.343 e. The highest BCUT2D eigenvalue weighted by molar-refractivity contribution is 14.1. The lowest BCUT2D eigenvalue weighted by Gasteiger charge is -2.12. The van der Waals surface area contributed by atoms with Crippen molar-refractivity contribution in [2.45, 2.75) is 6.92 Å². The van der Waals surface area contributed by atoms with Gasteiger partial charge in [-0.3, -0.25) is 19.3 Å². The lowest BCUT2D eigenvalue weighted by molar-refractivity contribution is -0.143. The second kappa shape index (κ2) is 11.9. The molecule has 0 aromatic heterocycles. The fraction of sp³-hybridized carbons (Fsp3) is 0.217. The van der Waals surface area contributed by atoms with Crippen molar-refractivity contribution in [3.63, 3.8) is 0 Å². The molecule has 2 aromatic rings. The second-order valence-electron chi connectivity index (χ2n) is 6.83. The van der Waals surface area contributed by atoms with Crippen LogP contribution in [-0.2, 0) is 19.1 Å². The highest BCUT2D eigenvalue weighted by Gasteiger charge is 2.36. The van der Waals surface area contributed by atoms with Gasteiger partial charge in [-0.15, -0.1) is 0 Å². The van der Waals surface area contributed by atoms with E-state index in [4.69, 9.17) is 9.47 Å². The van der Waals surface area contributed by atoms with Crippen molar-refractivity contribution >= 4 is 69.1 Å². The number of hydrogen-bond donors (Lipinski definition) is 1. The predicted molar refractivity (Wildman–Crippen MR) is 136 cm³/mol. The van der Waals surface area contributed by atoms with Crippen LogP contribution in [0.2, 0.25) is 0 Å². The molecule has 178 valence electrons. The molecule has 3 amide bonds. The Morgan fingerprint density at radius 3 is 2.50 bits per heavy atom. The van der Waals surface area contributed by atoms with E-state index in [0.717, 1.165) is 16.7 Å². The molecule has 0 bridgehead atoms. The lowest BCUT2D eigenvalue weighted by Crippen LogP contribution is -2.36. The van der Waals surface area contributed by atoms with E-state index >= 15 is 0 Å². The lowest BCUT2D eigenvalue weighted by atomic mass is 10.2. The van der Waals surface area contributed by atoms with Crippen LogP contribution in [0.15, 0.2) is 47.4 Å². The zero-order valence-corrected chi connectivity index (χ0v) is 21.3. The Labute approximate surface area is 213 Å². The number of rotatable bonds is 9. The van der Waals surface area contributed by atoms with Gasteiger partial charge < -0.3 is 19.5 Å². The van der Waals surface area contributed by atoms with Gasteiger partial charge in [0.15, 0.2) is 6.61 Å². The third-order valence-corrected chi connectivity index (χ3v) is 6.20. The minimum absolute atomic E-state index is 0.206. The fourth-order valence-electron chi connectivity index (χ4n) is 2.85. The largest absolute Gasteiger partial charge is 0.494 e. The van der Waals surface area contributed by atoms with Crippen LogP contribution in [0, 0.1) is 3.57 Å². The van der Waals surface area contributed by atoms with Crippen molar-refractivity contribution < 1.29 is 33.4 Å². The van der Waals surface area contributed by atoms with Crippen molar-refractivity contribution in [3.05, 3.63) is 56.5 Å². The van der Waals surface area contributed by atoms with E-state index < -0.39 is 29.6 Å². The highest BCUT2D eigenvalue weighted by atomic mass is 127. The summed E-state index contributed by atoms with van der Waals surface area (Å²) in [6.07, 6.45) is 1.57. The first-order valence-corrected chi connectivity index (χ1v) is 12.0. The first-order chi connectivity index (χ1) is 16.3. The number of amides is 3. The van der Waals surface area contributed by atoms with Crippen LogP contribution >= 0.6 is 34.4 Å². The Morgan fingerprint density at radius 1 is 1.12 bits per heavy atom. The van der Waals surface area contributed by atoms with Gasteiger partial charge in [-0.25, -0.2) is 4.79 Å². The molecule has 0 atom stereocenters. The minimum atomic E-state index is -0.544. The van der Waals surface area contributed by atoms with Crippen molar-refractivity contribution in [1.29, 1.82) is 0 Å². The minimum Gasteiger partial charge on any atom is -0.494 e. The number of esters is 1. The van der Waals surface area contributed by atoms with Gasteiger partial charge in [-0.1, -0.05) is 6.07 Å². The van der Waals surface area contributed by atoms with Crippen LogP contribution in [0.4, 0.5) is 10.5 Å². The summed E-state index contributed by atoms with van der Waals surface area (Å²) in [6, 6.07) is 11.9. The maximum absolute atomic E-state index is 12.7. The third kappa shape index (κ3) is 6.73. The van der Waals surface area contributed by atoms with E-state index in [9.17, 15) is 19.2 Å². The Bertz CT molecular complexity index is 1130. The van der Waals surface area contributed by atoms with Crippen LogP contribution in [0.25, 0.3) is 6.08 Å². The molecule has 0 radical (unpaired) electrons. The molecule has 9 nitrogen and oxygen atoms in total. The van der Waals surface area contributed by atoms with Gasteiger partial charge in [0.25, 0.3) is 11.1 Å². The Morgan fingerprint density at radius 2 is 1.85 bits per heavy atom. The quantitative estimate of drug-likeness (QED) is 0.264. The Kier molecular flexibility index (Phi) is 8.93. The van der Waals surface area contributed by atoms with E-state index in [-0.39, 0.29) is 11.5 Å². The van der Waals surface area contributed by atoms with Gasteiger partial charge >= 0.3 is 5.97 Å². The number of nitrogens with one attached hydrogen (secondary N) is 1. The van der Waals surface area contributed by atoms with Gasteiger partial charge in [-0.2, -0.15) is 0 Å². The van der Waals surface area contributed by atoms with E-state index in [1.807, 2.05) is 29.5 Å². The third-order valence-electron chi connectivity index (χ3n) is 4.45. The molecule has 1 aliphatic heterocycles. The van der Waals surface area contributed by atoms with Gasteiger partial charge in [0.2, 0.25) is 5.91 Å². The molecule has 0 saturated carbocycles. The number of ether oxygens (including phenoxy) is 3. The number of methoxy groups -OCH3 is 1. The van der Waals surface area contributed by atoms with E-state index in [1.165, 1.54) is 7.11 Å². The number of imide groups is 1. The number of carbonyl (C=O) groups excluding carboxylic acids is 4. The number of halogens is 1. The van der Waals surface area contributed by atoms with Crippen LogP contribution in [-0.4, -0.2) is 54.8 Å². The van der Waals surface area contributed by atoms with Crippen molar-refractivity contribution in [2.24, 2.45) is 0 Å². The summed E-state index contributed by atoms with van der Waals surface area (Å²) in [5, 5.41) is 2.14. The normalized spacial score (nSPS) is 14.3. The Hall–Kier alpha value is -3.06. The Balaban J connectivity index is 1.62. The van der Waals surface area contributed by atoms with E-state index in [1.54, 1.807) is 48.5 Å². The molecular weight excluding hydrogens is 575 g/mol. The van der Waals surface area contributed by atoms with Crippen LogP contribution in [0.1, 0.15) is 12.5 Å². The molecule has 0 unspecified atom stereocenters. The molecule has 3 rings (SSSR count). The number of thioether (sulfide) groups is 1. The number of carbonyl (C=O) groups is 4. The fourth-order valence-corrected chi connectivity index (χ4v) is 4.39. The van der Waals surface area contributed by atoms with E-state index in [0.29, 0.717) is 32.9 Å². The van der Waals surface area contributed by atoms with Crippen molar-refractivity contribution in [1.82, 2.24) is 4.90 Å². The average molecular weight is 596 g/mol. The molecule has 1 heterocycles. The standard InChI is InChI=1S/C23H21IN2O7S/c1-3-32-16-7-5-15(6-8-16)25-20(27)12-26-22(29)19(34-23(26)30)11-14-4-9-18(17(24)10-14)33-13-21(28)31-2/h4-11H,3,12-13H2,1-2H3,(H,25,27)/b19-11+. The molecule has 1 fully saturated rings. The predicted octanol–water partition coefficient (Wildman–Crippen LogP) is 3.92. The monoisotopic (exact) mass is 596 g/mol. The molecule has 11 heteroatoms. The molecule has 0 aliphatic carbocycles. The summed E-state index contributed by atoms with van der Waals surface area (Å²) in [5.74, 6) is -0.371. The van der Waals surface area contributed by atoms with Crippen molar-refractivity contribution in [2.75, 3.05) is 32.2 Å². The summed E-state index contributed by atoms with van der Waals surface area (Å²) in [7, 11) is 1.27. The number of hydrogen-bond acceptors (Lipinski definition) is 8. The summed E-state index contributed by atoms with van der Waals surface area (Å²) >= 11 is 2.81. The van der Waals surface area contributed by atoms with Gasteiger partial charge in [0.05, 0.1) is 22.2 Å². The average Bonchev–Trinajstić information content (AvgIpc) is 3.07. The van der Waals surface area contributed by atoms with Gasteiger partial charge in [0.1, 0.15) is 18.0 Å². The van der Waals surface area contributed by atoms with Crippen LogP contribution in [0.3, 0.4) is 0 Å². The molecule has 1 N–H and O–H groups in total. The number of anilines is 1. The molecule has 1 saturated heterocycles. The molecule has 1 aliphatic rings. The number of benzene rings is 2. The molecule has 0 spiro atoms. The van der Waals surface area contributed by atoms with Crippen LogP contribution < -0.4 is 14.8 Å². The summed E-state index contributed by atoms with van der Waals surface area (Å²) < 4.78 is 16.0. The molecule has 2 aromatic carbocycles. The van der Waals surface area contributed by atoms with Crippen LogP contribution in [0.5, 0.6) is 11.5 Å². The van der Waals surface area contributed by atoms with Gasteiger partial charge in [-0.05, 0) is 89.3 Å². The molecular formula is C23H21IN2O7S. The topological polar surface area (TPSA) is 111 Å². The molecule has 34 heavy (non-hydrogen) atoms. The summed E-state index contributed by atoms with van der Waals surface area (Å²) in [4.78, 5) is 49.8. The van der Waals surface area contributed by atoms with Gasteiger partial charge in [0, 0.05) is 5.69 Å². The second-order valence-corrected chi connectivity index (χ2v) is 8.98. The SMILES string of the molecule is CCOc1ccc(NC(=O)CN2C(=O)S/C(=C/c3ccc(OCC(=O)OC)c(I)c3)C2=O)cc1. The first-order valence-electron chi connectivity index (χ1n) is 10.1. The smallest absolute Gasteiger partial charge is 0.343 e. The number of nitrogens with zero attached hydrogens (tertiary/aromatic N) is 1. The highest BCUT2D eigenvalue weighted by Crippen LogP contribution is 2.33. The summed E-state index contributed by atoms with van der Waals surface area (Å²) in [5.41, 5.74) is 1.19. The van der Waals surface area contributed by atoms with Crippen molar-refractivity contribution in [3.8, 4) is 11.5 Å². The summed E-state index contributed by atoms with van der Waals surface area (Å²) in [6.45, 7) is 1.79. The van der Waals surface area contributed by atoms with E-state index in [2.05, 4.69) is 10.1 Å². The zero-order valence-electron chi connectivity index (χ0n) is 18.3.